The highest BCUT2D eigenvalue weighted by Gasteiger charge is 2.32. The first-order valence-electron chi connectivity index (χ1n) is 17.7. The minimum Gasteiger partial charge on any atom is -0.508 e. The molecule has 3 aliphatic rings. The lowest BCUT2D eigenvalue weighted by atomic mass is 10.0. The molecule has 1 atom stereocenters. The molecule has 1 unspecified atom stereocenters. The number of carbonyl (C=O) groups is 3. The lowest BCUT2D eigenvalue weighted by Gasteiger charge is -2.35. The number of ether oxygens (including phenoxy) is 2. The van der Waals surface area contributed by atoms with Gasteiger partial charge in [-0.2, -0.15) is 5.10 Å². The number of piperazine rings is 1. The van der Waals surface area contributed by atoms with Crippen LogP contribution in [0.25, 0.3) is 34.4 Å². The Kier molecular flexibility index (Phi) is 9.52. The van der Waals surface area contributed by atoms with E-state index in [1.807, 2.05) is 62.1 Å². The Bertz CT molecular complexity index is 1970. The second-order valence-electron chi connectivity index (χ2n) is 14.3. The summed E-state index contributed by atoms with van der Waals surface area (Å²) < 4.78 is 13.6. The first-order chi connectivity index (χ1) is 24.5. The van der Waals surface area contributed by atoms with Gasteiger partial charge in [0.05, 0.1) is 22.3 Å². The van der Waals surface area contributed by atoms with Crippen molar-refractivity contribution in [2.45, 2.75) is 64.7 Å². The normalized spacial score (nSPS) is 18.6. The number of carbonyl (C=O) groups excluding carboxylic acids is 3. The fourth-order valence-electron chi connectivity index (χ4n) is 6.83. The van der Waals surface area contributed by atoms with Crippen molar-refractivity contribution >= 4 is 46.8 Å². The third kappa shape index (κ3) is 7.46. The molecule has 0 saturated carbocycles. The third-order valence-electron chi connectivity index (χ3n) is 9.42. The minimum atomic E-state index is -0.615. The van der Waals surface area contributed by atoms with Crippen LogP contribution in [-0.2, 0) is 14.3 Å². The number of amides is 3. The lowest BCUT2D eigenvalue weighted by molar-refractivity contribution is -0.117. The standard InChI is InChI=1S/C39H44N6O6/c1-39(2,3)51-38(49)43-21-19-42(20-22-43)37(48)30-25-32(27-13-15-29(46)16-14-27)40-36-35(30)31(41-45(36)34-11-4-5-23-50-34)17-12-26-8-6-9-28(24-26)44-18-7-10-33(44)47/h6,8-9,12-17,24-25,34,46H,4-5,7,10-11,18-23H2,1-3H3. The molecule has 5 heterocycles. The second kappa shape index (κ2) is 14.2. The summed E-state index contributed by atoms with van der Waals surface area (Å²) in [6, 6.07) is 16.4. The van der Waals surface area contributed by atoms with Crippen molar-refractivity contribution in [3.05, 3.63) is 71.4 Å². The highest BCUT2D eigenvalue weighted by molar-refractivity contribution is 6.09. The summed E-state index contributed by atoms with van der Waals surface area (Å²) in [5, 5.41) is 15.6. The van der Waals surface area contributed by atoms with E-state index in [1.54, 1.807) is 44.8 Å². The van der Waals surface area contributed by atoms with Gasteiger partial charge in [-0.15, -0.1) is 0 Å². The fourth-order valence-corrected chi connectivity index (χ4v) is 6.83. The monoisotopic (exact) mass is 692 g/mol. The zero-order valence-corrected chi connectivity index (χ0v) is 29.4. The van der Waals surface area contributed by atoms with Crippen LogP contribution in [0.15, 0.2) is 54.6 Å². The fraction of sp³-hybridized carbons (Fsp3) is 0.410. The summed E-state index contributed by atoms with van der Waals surface area (Å²) in [4.78, 5) is 50.1. The first-order valence-corrected chi connectivity index (χ1v) is 17.7. The van der Waals surface area contributed by atoms with Gasteiger partial charge < -0.3 is 29.3 Å². The molecule has 3 amide bonds. The maximum absolute atomic E-state index is 14.6. The Balaban J connectivity index is 1.30. The van der Waals surface area contributed by atoms with Gasteiger partial charge in [-0.25, -0.2) is 14.5 Å². The molecule has 3 aliphatic heterocycles. The number of phenols is 1. The molecule has 0 bridgehead atoms. The van der Waals surface area contributed by atoms with Crippen molar-refractivity contribution in [3.8, 4) is 17.0 Å². The SMILES string of the molecule is CC(C)(C)OC(=O)N1CCN(C(=O)c2cc(-c3ccc(O)cc3)nc3c2c(C=Cc2cccc(N4CCCC4=O)c2)nn3C2CCCCO2)CC1. The molecule has 1 N–H and O–H groups in total. The Morgan fingerprint density at radius 1 is 0.941 bits per heavy atom. The molecule has 2 aromatic heterocycles. The number of hydrogen-bond donors (Lipinski definition) is 1. The Labute approximate surface area is 297 Å². The maximum Gasteiger partial charge on any atom is 0.410 e. The van der Waals surface area contributed by atoms with Crippen LogP contribution in [-0.4, -0.2) is 92.5 Å². The van der Waals surface area contributed by atoms with Crippen LogP contribution in [0.1, 0.15) is 80.7 Å². The average molecular weight is 693 g/mol. The summed E-state index contributed by atoms with van der Waals surface area (Å²) in [5.74, 6) is 0.0590. The van der Waals surface area contributed by atoms with Gasteiger partial charge in [0.1, 0.15) is 11.4 Å². The number of rotatable bonds is 6. The summed E-state index contributed by atoms with van der Waals surface area (Å²) in [6.07, 6.45) is 7.19. The Morgan fingerprint density at radius 2 is 1.71 bits per heavy atom. The van der Waals surface area contributed by atoms with Crippen LogP contribution in [0, 0.1) is 0 Å². The number of anilines is 1. The molecule has 12 heteroatoms. The van der Waals surface area contributed by atoms with Gasteiger partial charge in [0, 0.05) is 57.0 Å². The number of pyridine rings is 1. The first kappa shape index (κ1) is 34.2. The Hall–Kier alpha value is -5.23. The zero-order valence-electron chi connectivity index (χ0n) is 29.4. The molecule has 12 nitrogen and oxygen atoms in total. The van der Waals surface area contributed by atoms with Crippen molar-refractivity contribution in [1.29, 1.82) is 0 Å². The van der Waals surface area contributed by atoms with Crippen LogP contribution in [0.5, 0.6) is 5.75 Å². The number of aromatic hydroxyl groups is 1. The predicted molar refractivity (Wildman–Crippen MR) is 194 cm³/mol. The van der Waals surface area contributed by atoms with Crippen LogP contribution >= 0.6 is 0 Å². The van der Waals surface area contributed by atoms with Crippen molar-refractivity contribution in [3.63, 3.8) is 0 Å². The molecule has 0 spiro atoms. The molecule has 51 heavy (non-hydrogen) atoms. The molecule has 4 aromatic rings. The molecule has 266 valence electrons. The highest BCUT2D eigenvalue weighted by Crippen LogP contribution is 2.34. The van der Waals surface area contributed by atoms with Crippen LogP contribution < -0.4 is 4.90 Å². The number of fused-ring (bicyclic) bond motifs is 1. The number of phenolic OH excluding ortho intramolecular Hbond substituents is 1. The van der Waals surface area contributed by atoms with Gasteiger partial charge in [-0.1, -0.05) is 18.2 Å². The van der Waals surface area contributed by atoms with Crippen molar-refractivity contribution in [1.82, 2.24) is 24.6 Å². The summed E-state index contributed by atoms with van der Waals surface area (Å²) in [5.41, 5.74) is 3.97. The van der Waals surface area contributed by atoms with Gasteiger partial charge in [-0.3, -0.25) is 9.59 Å². The lowest BCUT2D eigenvalue weighted by Crippen LogP contribution is -2.51. The van der Waals surface area contributed by atoms with E-state index in [9.17, 15) is 19.5 Å². The Morgan fingerprint density at radius 3 is 2.39 bits per heavy atom. The second-order valence-corrected chi connectivity index (χ2v) is 14.3. The average Bonchev–Trinajstić information content (AvgIpc) is 3.73. The maximum atomic E-state index is 14.6. The number of aromatic nitrogens is 3. The smallest absolute Gasteiger partial charge is 0.410 e. The van der Waals surface area contributed by atoms with E-state index in [0.29, 0.717) is 73.7 Å². The molecule has 3 fully saturated rings. The van der Waals surface area contributed by atoms with E-state index in [0.717, 1.165) is 42.5 Å². The molecular formula is C39H44N6O6. The summed E-state index contributed by atoms with van der Waals surface area (Å²) in [6.45, 7) is 8.17. The molecular weight excluding hydrogens is 648 g/mol. The molecule has 7 rings (SSSR count). The van der Waals surface area contributed by atoms with Crippen molar-refractivity contribution in [2.75, 3.05) is 44.2 Å². The predicted octanol–water partition coefficient (Wildman–Crippen LogP) is 6.49. The largest absolute Gasteiger partial charge is 0.508 e. The highest BCUT2D eigenvalue weighted by atomic mass is 16.6. The molecule has 2 aromatic carbocycles. The number of benzene rings is 2. The quantitative estimate of drug-likeness (QED) is 0.243. The van der Waals surface area contributed by atoms with Crippen molar-refractivity contribution in [2.24, 2.45) is 0 Å². The van der Waals surface area contributed by atoms with Crippen LogP contribution in [0.4, 0.5) is 10.5 Å². The van der Waals surface area contributed by atoms with E-state index in [2.05, 4.69) is 0 Å². The van der Waals surface area contributed by atoms with Crippen LogP contribution in [0.3, 0.4) is 0 Å². The van der Waals surface area contributed by atoms with Gasteiger partial charge in [0.2, 0.25) is 5.91 Å². The van der Waals surface area contributed by atoms with E-state index in [1.165, 1.54) is 0 Å². The zero-order chi connectivity index (χ0) is 35.7. The van der Waals surface area contributed by atoms with E-state index in [4.69, 9.17) is 19.6 Å². The number of hydrogen-bond acceptors (Lipinski definition) is 8. The number of nitrogens with zero attached hydrogens (tertiary/aromatic N) is 6. The molecule has 0 aliphatic carbocycles. The van der Waals surface area contributed by atoms with Gasteiger partial charge >= 0.3 is 6.09 Å². The minimum absolute atomic E-state index is 0.124. The van der Waals surface area contributed by atoms with Gasteiger partial charge in [0.15, 0.2) is 11.9 Å². The van der Waals surface area contributed by atoms with E-state index < -0.39 is 11.7 Å². The summed E-state index contributed by atoms with van der Waals surface area (Å²) >= 11 is 0. The van der Waals surface area contributed by atoms with Crippen molar-refractivity contribution < 1.29 is 29.0 Å². The van der Waals surface area contributed by atoms with E-state index >= 15 is 0 Å². The topological polar surface area (TPSA) is 130 Å². The molecule has 0 radical (unpaired) electrons. The van der Waals surface area contributed by atoms with Gasteiger partial charge in [-0.05, 0) is 101 Å². The van der Waals surface area contributed by atoms with Gasteiger partial charge in [0.25, 0.3) is 5.91 Å². The van der Waals surface area contributed by atoms with Crippen LogP contribution in [0.2, 0.25) is 0 Å². The molecule has 3 saturated heterocycles. The van der Waals surface area contributed by atoms with E-state index in [-0.39, 0.29) is 23.8 Å². The summed E-state index contributed by atoms with van der Waals surface area (Å²) in [7, 11) is 0. The third-order valence-corrected chi connectivity index (χ3v) is 9.42.